The molecule has 0 amide bonds. The molecular weight excluding hydrogens is 1070 g/mol. The summed E-state index contributed by atoms with van der Waals surface area (Å²) in [6, 6.07) is 2.64. The van der Waals surface area contributed by atoms with Crippen LogP contribution in [0.4, 0.5) is 0 Å². The molecule has 21 heteroatoms. The summed E-state index contributed by atoms with van der Waals surface area (Å²) in [4.78, 5) is 43.3. The van der Waals surface area contributed by atoms with Gasteiger partial charge in [0.15, 0.2) is 12.6 Å². The van der Waals surface area contributed by atoms with Crippen molar-refractivity contribution in [2.24, 2.45) is 17.8 Å². The van der Waals surface area contributed by atoms with Gasteiger partial charge in [-0.1, -0.05) is 44.5 Å². The van der Waals surface area contributed by atoms with Crippen LogP contribution in [0.5, 0.6) is 0 Å². The van der Waals surface area contributed by atoms with E-state index in [0.717, 1.165) is 12.8 Å². The maximum absolute atomic E-state index is 14.6. The third kappa shape index (κ3) is 16.4. The van der Waals surface area contributed by atoms with Crippen molar-refractivity contribution in [2.75, 3.05) is 67.8 Å². The van der Waals surface area contributed by atoms with Gasteiger partial charge in [-0.3, -0.25) is 9.59 Å². The Kier molecular flexibility index (Phi) is 23.8. The van der Waals surface area contributed by atoms with E-state index in [1.807, 2.05) is 70.1 Å². The van der Waals surface area contributed by atoms with Crippen LogP contribution in [0.2, 0.25) is 5.02 Å². The minimum absolute atomic E-state index is 0.154. The number of rotatable bonds is 21. The third-order valence-electron chi connectivity index (χ3n) is 17.3. The van der Waals surface area contributed by atoms with Gasteiger partial charge in [-0.2, -0.15) is 0 Å². The van der Waals surface area contributed by atoms with Crippen LogP contribution in [-0.4, -0.2) is 210 Å². The van der Waals surface area contributed by atoms with E-state index in [2.05, 4.69) is 0 Å². The second-order valence-corrected chi connectivity index (χ2v) is 24.9. The summed E-state index contributed by atoms with van der Waals surface area (Å²) in [6.45, 7) is 20.4. The molecule has 3 aliphatic heterocycles. The number of carboxylic acids is 1. The summed E-state index contributed by atoms with van der Waals surface area (Å²) in [6.07, 6.45) is 0.107. The van der Waals surface area contributed by atoms with Crippen molar-refractivity contribution in [1.29, 1.82) is 0 Å². The van der Waals surface area contributed by atoms with Gasteiger partial charge < -0.3 is 82.5 Å². The number of aromatic nitrogens is 1. The molecule has 4 heterocycles. The standard InChI is InChI=1S/C60H96ClN3O17/c1-15-47-60(10,72)52(67)38(6)63(13)32-34(2)30-58(8,71)53(81-57-50(66)46(62(11)12)27-35(3)77-57)36(4)51(37(5)56(70)79-47)80-48-31-59(9,73-14)54(39(7)78-48)76-26-18-25-75-24-17-23-74-22-16-19-40-28-42-45(29-44(40)61)64(41-20-21-41)33-43(49(42)65)55(68)69/h16,19,28-29,33-39,41,46-48,50-54,57,66-67,71-72H,15,17-18,20-27,30-32H2,1-14H3,(H,68,69)/t34-,35-,36+,37-,38-,39+,46+,47-,48+,50-,51+,52-,53-,54+,57+,58-,59-,60-/m1/s1. The molecule has 4 aliphatic rings. The zero-order valence-corrected chi connectivity index (χ0v) is 51.1. The third-order valence-corrected chi connectivity index (χ3v) is 17.6. The van der Waals surface area contributed by atoms with Crippen LogP contribution in [0.15, 0.2) is 29.2 Å². The number of nitrogens with zero attached hydrogens (tertiary/aromatic N) is 3. The number of esters is 1. The molecule has 1 saturated carbocycles. The van der Waals surface area contributed by atoms with Gasteiger partial charge in [0.2, 0.25) is 5.43 Å². The highest BCUT2D eigenvalue weighted by Gasteiger charge is 2.53. The van der Waals surface area contributed by atoms with Crippen molar-refractivity contribution >= 4 is 40.5 Å². The first kappa shape index (κ1) is 67.0. The Balaban J connectivity index is 1.08. The van der Waals surface area contributed by atoms with Crippen molar-refractivity contribution in [2.45, 2.75) is 217 Å². The van der Waals surface area contributed by atoms with E-state index >= 15 is 0 Å². The number of methoxy groups -OCH3 is 1. The molecule has 1 aromatic carbocycles. The molecule has 2 aromatic rings. The summed E-state index contributed by atoms with van der Waals surface area (Å²) in [7, 11) is 7.22. The molecule has 5 N–H and O–H groups in total. The molecule has 81 heavy (non-hydrogen) atoms. The molecule has 0 unspecified atom stereocenters. The molecule has 0 bridgehead atoms. The highest BCUT2D eigenvalue weighted by Crippen LogP contribution is 2.42. The first-order valence-corrected chi connectivity index (χ1v) is 29.5. The number of likely N-dealkylation sites (N-methyl/N-ethyl adjacent to an activating group) is 2. The molecule has 460 valence electrons. The first-order chi connectivity index (χ1) is 38.1. The van der Waals surface area contributed by atoms with Crippen molar-refractivity contribution in [3.8, 4) is 0 Å². The molecule has 4 fully saturated rings. The van der Waals surface area contributed by atoms with Crippen LogP contribution >= 0.6 is 11.6 Å². The quantitative estimate of drug-likeness (QED) is 0.0665. The predicted octanol–water partition coefficient (Wildman–Crippen LogP) is 6.45. The number of carboxylic acid groups (broad SMARTS) is 1. The molecule has 1 aromatic heterocycles. The highest BCUT2D eigenvalue weighted by molar-refractivity contribution is 6.32. The van der Waals surface area contributed by atoms with E-state index in [0.29, 0.717) is 80.3 Å². The van der Waals surface area contributed by atoms with Gasteiger partial charge in [0, 0.05) is 87.2 Å². The lowest BCUT2D eigenvalue weighted by atomic mass is 9.77. The van der Waals surface area contributed by atoms with Gasteiger partial charge in [0.1, 0.15) is 35.6 Å². The number of cyclic esters (lactones) is 1. The number of aliphatic hydroxyl groups excluding tert-OH is 2. The van der Waals surface area contributed by atoms with Gasteiger partial charge in [-0.05, 0) is 138 Å². The molecule has 18 atom stereocenters. The van der Waals surface area contributed by atoms with E-state index < -0.39 is 107 Å². The summed E-state index contributed by atoms with van der Waals surface area (Å²) in [5.74, 6) is -3.96. The summed E-state index contributed by atoms with van der Waals surface area (Å²) < 4.78 is 59.1. The lowest BCUT2D eigenvalue weighted by Crippen LogP contribution is -2.61. The first-order valence-electron chi connectivity index (χ1n) is 29.2. The van der Waals surface area contributed by atoms with E-state index in [-0.39, 0.29) is 48.9 Å². The second-order valence-electron chi connectivity index (χ2n) is 24.5. The molecule has 20 nitrogen and oxygen atoms in total. The van der Waals surface area contributed by atoms with E-state index in [1.165, 1.54) is 13.1 Å². The molecule has 0 radical (unpaired) electrons. The number of hydrogen-bond donors (Lipinski definition) is 5. The Bertz CT molecular complexity index is 2470. The molecule has 0 spiro atoms. The Morgan fingerprint density at radius 3 is 2.22 bits per heavy atom. The summed E-state index contributed by atoms with van der Waals surface area (Å²) in [5, 5.41) is 58.6. The zero-order valence-electron chi connectivity index (χ0n) is 50.4. The number of carbonyl (C=O) groups is 2. The smallest absolute Gasteiger partial charge is 0.341 e. The largest absolute Gasteiger partial charge is 0.477 e. The summed E-state index contributed by atoms with van der Waals surface area (Å²) >= 11 is 6.61. The second kappa shape index (κ2) is 28.8. The van der Waals surface area contributed by atoms with Gasteiger partial charge in [0.05, 0.1) is 53.7 Å². The number of benzene rings is 1. The SMILES string of the molecule is CC[C@H]1OC(=O)[C@H](C)[C@@H](O[C@H]2C[C@@](C)(OC)[C@@H](OCCCOCCCOCC=Cc3cc4c(=O)c(C(=O)O)cn(C5CC5)c4cc3Cl)[C@H](C)O2)[C@H](C)[C@@H](O[C@@H]2O[C@H](C)C[C@H](N(C)C)[C@H]2O)[C@](C)(O)C[C@@H](C)CN(C)[C@H](C)[C@@H](O)[C@]1(C)O. The normalized spacial score (nSPS) is 37.1. The lowest BCUT2D eigenvalue weighted by Gasteiger charge is -2.49. The van der Waals surface area contributed by atoms with Gasteiger partial charge >= 0.3 is 11.9 Å². The van der Waals surface area contributed by atoms with Gasteiger partial charge in [-0.15, -0.1) is 0 Å². The fraction of sp³-hybridized carbons (Fsp3) is 0.783. The van der Waals surface area contributed by atoms with Crippen molar-refractivity contribution in [3.05, 3.63) is 50.8 Å². The van der Waals surface area contributed by atoms with Crippen molar-refractivity contribution < 1.29 is 77.8 Å². The summed E-state index contributed by atoms with van der Waals surface area (Å²) in [5.41, 5.74) is -3.96. The number of aromatic carboxylic acids is 1. The minimum Gasteiger partial charge on any atom is -0.477 e. The maximum Gasteiger partial charge on any atom is 0.341 e. The Labute approximate surface area is 484 Å². The fourth-order valence-electron chi connectivity index (χ4n) is 12.4. The number of hydrogen-bond acceptors (Lipinski definition) is 18. The average molecular weight is 1170 g/mol. The fourth-order valence-corrected chi connectivity index (χ4v) is 12.6. The monoisotopic (exact) mass is 1170 g/mol. The topological polar surface area (TPSA) is 247 Å². The number of halogens is 1. The minimum atomic E-state index is -1.84. The Morgan fingerprint density at radius 1 is 0.926 bits per heavy atom. The van der Waals surface area contributed by atoms with Crippen LogP contribution in [0.3, 0.4) is 0 Å². The average Bonchev–Trinajstić information content (AvgIpc) is 4.45. The van der Waals surface area contributed by atoms with E-state index in [1.54, 1.807) is 59.1 Å². The maximum atomic E-state index is 14.6. The van der Waals surface area contributed by atoms with Crippen molar-refractivity contribution in [1.82, 2.24) is 14.4 Å². The Hall–Kier alpha value is -3.16. The van der Waals surface area contributed by atoms with Crippen molar-refractivity contribution in [3.63, 3.8) is 0 Å². The molecule has 3 saturated heterocycles. The Morgan fingerprint density at radius 2 is 1.59 bits per heavy atom. The zero-order chi connectivity index (χ0) is 59.9. The molecule has 1 aliphatic carbocycles. The van der Waals surface area contributed by atoms with Crippen LogP contribution in [-0.2, 0) is 47.4 Å². The van der Waals surface area contributed by atoms with E-state index in [9.17, 15) is 39.9 Å². The highest BCUT2D eigenvalue weighted by atomic mass is 35.5. The number of carbonyl (C=O) groups excluding carboxylic acids is 1. The van der Waals surface area contributed by atoms with Gasteiger partial charge in [-0.25, -0.2) is 4.79 Å². The van der Waals surface area contributed by atoms with E-state index in [4.69, 9.17) is 54.2 Å². The van der Waals surface area contributed by atoms with Crippen LogP contribution in [0, 0.1) is 17.8 Å². The number of pyridine rings is 1. The number of aliphatic hydroxyl groups is 4. The lowest BCUT2D eigenvalue weighted by molar-refractivity contribution is -0.321. The van der Waals surface area contributed by atoms with Crippen LogP contribution < -0.4 is 5.43 Å². The van der Waals surface area contributed by atoms with Crippen LogP contribution in [0.1, 0.15) is 143 Å². The number of ether oxygens (including phenoxy) is 9. The predicted molar refractivity (Wildman–Crippen MR) is 306 cm³/mol. The van der Waals surface area contributed by atoms with Gasteiger partial charge in [0.25, 0.3) is 0 Å². The van der Waals surface area contributed by atoms with Crippen LogP contribution in [0.25, 0.3) is 17.0 Å². The number of fused-ring (bicyclic) bond motifs is 1. The molecular formula is C60H96ClN3O17. The molecule has 6 rings (SSSR count).